The van der Waals surface area contributed by atoms with Gasteiger partial charge in [-0.05, 0) is 70.6 Å². The van der Waals surface area contributed by atoms with Crippen molar-refractivity contribution in [2.45, 2.75) is 30.5 Å². The number of nitriles is 1. The van der Waals surface area contributed by atoms with E-state index in [1.54, 1.807) is 34.4 Å². The number of carbonyl (C=O) groups is 1. The van der Waals surface area contributed by atoms with Crippen LogP contribution in [0.4, 0.5) is 0 Å². The van der Waals surface area contributed by atoms with E-state index in [1.807, 2.05) is 30.3 Å². The van der Waals surface area contributed by atoms with Crippen LogP contribution in [0, 0.1) is 11.3 Å². The fourth-order valence-corrected chi connectivity index (χ4v) is 6.36. The number of hydrogen-bond acceptors (Lipinski definition) is 6. The van der Waals surface area contributed by atoms with Gasteiger partial charge in [-0.25, -0.2) is 4.98 Å². The van der Waals surface area contributed by atoms with Gasteiger partial charge in [0.05, 0.1) is 11.3 Å². The molecule has 1 aliphatic rings. The van der Waals surface area contributed by atoms with E-state index in [4.69, 9.17) is 26.5 Å². The highest BCUT2D eigenvalue weighted by Crippen LogP contribution is 2.44. The molecule has 176 valence electrons. The number of fused-ring (bicyclic) bond motifs is 1. The highest BCUT2D eigenvalue weighted by Gasteiger charge is 2.27. The molecular weight excluding hydrogens is 516 g/mol. The van der Waals surface area contributed by atoms with Crippen LogP contribution in [0.15, 0.2) is 64.3 Å². The first kappa shape index (κ1) is 25.2. The fourth-order valence-electron chi connectivity index (χ4n) is 3.81. The smallest absolute Gasteiger partial charge is 0.300 e. The van der Waals surface area contributed by atoms with Gasteiger partial charge in [0.15, 0.2) is 0 Å². The van der Waals surface area contributed by atoms with Gasteiger partial charge in [0.2, 0.25) is 0 Å². The number of halogens is 1. The lowest BCUT2D eigenvalue weighted by molar-refractivity contribution is -0.134. The molecule has 0 unspecified atom stereocenters. The molecule has 35 heavy (non-hydrogen) atoms. The summed E-state index contributed by atoms with van der Waals surface area (Å²) in [7, 11) is 0. The Balaban J connectivity index is 0.000000672. The number of carboxylic acids is 1. The summed E-state index contributed by atoms with van der Waals surface area (Å²) in [5, 5.41) is 23.2. The number of aromatic nitrogens is 1. The van der Waals surface area contributed by atoms with Crippen LogP contribution in [-0.4, -0.2) is 16.1 Å². The average molecular weight is 537 g/mol. The lowest BCUT2D eigenvalue weighted by atomic mass is 10.0. The molecule has 0 amide bonds. The maximum atomic E-state index is 10.1. The summed E-state index contributed by atoms with van der Waals surface area (Å²) >= 11 is 11.1. The predicted octanol–water partition coefficient (Wildman–Crippen LogP) is 8.27. The summed E-state index contributed by atoms with van der Waals surface area (Å²) in [6.07, 6.45) is 4.12. The third-order valence-electron chi connectivity index (χ3n) is 5.24. The Morgan fingerprint density at radius 1 is 1.17 bits per heavy atom. The van der Waals surface area contributed by atoms with Gasteiger partial charge in [-0.3, -0.25) is 4.79 Å². The first-order valence-electron chi connectivity index (χ1n) is 10.8. The van der Waals surface area contributed by atoms with Crippen LogP contribution in [0.1, 0.15) is 40.6 Å². The first-order valence-corrected chi connectivity index (χ1v) is 13.9. The lowest BCUT2D eigenvalue weighted by Gasteiger charge is -2.13. The van der Waals surface area contributed by atoms with Gasteiger partial charge in [-0.15, -0.1) is 34.4 Å². The third-order valence-corrected chi connectivity index (χ3v) is 8.25. The molecule has 3 heterocycles. The van der Waals surface area contributed by atoms with E-state index in [0.29, 0.717) is 5.56 Å². The second kappa shape index (κ2) is 11.7. The van der Waals surface area contributed by atoms with Gasteiger partial charge in [0, 0.05) is 33.0 Å². The first-order chi connectivity index (χ1) is 17.0. The number of aliphatic carboxylic acids is 1. The fraction of sp³-hybridized carbons (Fsp3) is 0.148. The van der Waals surface area contributed by atoms with E-state index in [2.05, 4.69) is 41.1 Å². The number of thiophene rings is 2. The average Bonchev–Trinajstić information content (AvgIpc) is 3.61. The molecular formula is C27H21ClN2O2S3. The third kappa shape index (κ3) is 6.22. The quantitative estimate of drug-likeness (QED) is 0.260. The summed E-state index contributed by atoms with van der Waals surface area (Å²) < 4.78 is 0. The predicted molar refractivity (Wildman–Crippen MR) is 147 cm³/mol. The number of thioether (sulfide) groups is 1. The minimum absolute atomic E-state index is 0.692. The Morgan fingerprint density at radius 2 is 1.89 bits per heavy atom. The van der Waals surface area contributed by atoms with Crippen molar-refractivity contribution >= 4 is 63.7 Å². The van der Waals surface area contributed by atoms with Gasteiger partial charge in [-0.1, -0.05) is 35.9 Å². The number of nitrogens with zero attached hydrogens (tertiary/aromatic N) is 2. The van der Waals surface area contributed by atoms with Crippen LogP contribution in [0.2, 0.25) is 5.02 Å². The topological polar surface area (TPSA) is 74.0 Å². The molecule has 0 radical (unpaired) electrons. The van der Waals surface area contributed by atoms with Gasteiger partial charge in [0.1, 0.15) is 11.1 Å². The second-order valence-corrected chi connectivity index (χ2v) is 11.0. The van der Waals surface area contributed by atoms with Crippen molar-refractivity contribution in [1.82, 2.24) is 4.98 Å². The second-order valence-electron chi connectivity index (χ2n) is 7.70. The number of allylic oxidation sites excluding steroid dienone is 1. The standard InChI is InChI=1S/C25H17ClN2S3.C2H4O2/c26-18-8-5-16(6-9-18)15-31-25-21(14-27)23(22-4-2-12-30-22)20-10-7-17(24(20)28-25)13-19-3-1-11-29-19;1-2(3)4/h1-6,8-9,11-13H,7,10,15H2;1H3,(H,3,4)/b17-13+;. The van der Waals surface area contributed by atoms with Crippen LogP contribution in [0.5, 0.6) is 0 Å². The summed E-state index contributed by atoms with van der Waals surface area (Å²) in [4.78, 5) is 16.4. The molecule has 0 saturated heterocycles. The van der Waals surface area contributed by atoms with Crippen molar-refractivity contribution < 1.29 is 9.90 Å². The van der Waals surface area contributed by atoms with Gasteiger partial charge >= 0.3 is 0 Å². The van der Waals surface area contributed by atoms with Crippen LogP contribution in [0.25, 0.3) is 22.1 Å². The lowest BCUT2D eigenvalue weighted by Crippen LogP contribution is -2.00. The summed E-state index contributed by atoms with van der Waals surface area (Å²) in [6, 6.07) is 18.7. The van der Waals surface area contributed by atoms with Crippen LogP contribution in [-0.2, 0) is 17.0 Å². The minimum atomic E-state index is -0.833. The molecule has 8 heteroatoms. The van der Waals surface area contributed by atoms with Gasteiger partial charge in [-0.2, -0.15) is 5.26 Å². The maximum Gasteiger partial charge on any atom is 0.300 e. The van der Waals surface area contributed by atoms with Crippen molar-refractivity contribution in [3.63, 3.8) is 0 Å². The molecule has 1 aromatic carbocycles. The van der Waals surface area contributed by atoms with E-state index < -0.39 is 5.97 Å². The highest BCUT2D eigenvalue weighted by molar-refractivity contribution is 7.98. The molecule has 0 saturated carbocycles. The molecule has 4 aromatic rings. The number of rotatable bonds is 5. The van der Waals surface area contributed by atoms with Crippen LogP contribution < -0.4 is 0 Å². The normalized spacial score (nSPS) is 13.1. The monoisotopic (exact) mass is 536 g/mol. The molecule has 0 fully saturated rings. The molecule has 5 rings (SSSR count). The Hall–Kier alpha value is -2.89. The maximum absolute atomic E-state index is 10.1. The summed E-state index contributed by atoms with van der Waals surface area (Å²) in [5.41, 5.74) is 6.43. The van der Waals surface area contributed by atoms with Gasteiger partial charge in [0.25, 0.3) is 5.97 Å². The van der Waals surface area contributed by atoms with Gasteiger partial charge < -0.3 is 5.11 Å². The zero-order valence-electron chi connectivity index (χ0n) is 18.8. The number of hydrogen-bond donors (Lipinski definition) is 1. The molecule has 4 nitrogen and oxygen atoms in total. The molecule has 1 aliphatic carbocycles. The number of carboxylic acid groups (broad SMARTS) is 1. The Labute approximate surface area is 221 Å². The molecule has 0 atom stereocenters. The molecule has 1 N–H and O–H groups in total. The number of benzene rings is 1. The minimum Gasteiger partial charge on any atom is -0.481 e. The van der Waals surface area contributed by atoms with Crippen molar-refractivity contribution in [2.24, 2.45) is 0 Å². The van der Waals surface area contributed by atoms with Crippen molar-refractivity contribution in [2.75, 3.05) is 0 Å². The van der Waals surface area contributed by atoms with E-state index >= 15 is 0 Å². The van der Waals surface area contributed by atoms with E-state index in [0.717, 1.165) is 57.3 Å². The summed E-state index contributed by atoms with van der Waals surface area (Å²) in [6.45, 7) is 1.08. The van der Waals surface area contributed by atoms with Crippen LogP contribution in [0.3, 0.4) is 0 Å². The van der Waals surface area contributed by atoms with E-state index in [9.17, 15) is 5.26 Å². The van der Waals surface area contributed by atoms with Crippen molar-refractivity contribution in [3.8, 4) is 16.5 Å². The van der Waals surface area contributed by atoms with E-state index in [-0.39, 0.29) is 0 Å². The molecule has 0 spiro atoms. The SMILES string of the molecule is CC(=O)O.N#Cc1c(SCc2ccc(Cl)cc2)nc2c(c1-c1cccs1)CC/C2=C\c1cccs1. The number of pyridine rings is 1. The van der Waals surface area contributed by atoms with E-state index in [1.165, 1.54) is 16.0 Å². The highest BCUT2D eigenvalue weighted by atomic mass is 35.5. The Kier molecular flexibility index (Phi) is 8.42. The Bertz CT molecular complexity index is 1380. The van der Waals surface area contributed by atoms with Crippen LogP contribution >= 0.6 is 46.0 Å². The zero-order chi connectivity index (χ0) is 24.8. The summed E-state index contributed by atoms with van der Waals surface area (Å²) in [5.74, 6) is -0.0918. The Morgan fingerprint density at radius 3 is 2.51 bits per heavy atom. The molecule has 0 bridgehead atoms. The zero-order valence-corrected chi connectivity index (χ0v) is 22.0. The largest absolute Gasteiger partial charge is 0.481 e. The molecule has 0 aliphatic heterocycles. The van der Waals surface area contributed by atoms with Crippen molar-refractivity contribution in [3.05, 3.63) is 91.6 Å². The van der Waals surface area contributed by atoms with Crippen molar-refractivity contribution in [1.29, 1.82) is 5.26 Å². The molecule has 3 aromatic heterocycles.